The van der Waals surface area contributed by atoms with Gasteiger partial charge in [0, 0.05) is 24.2 Å². The summed E-state index contributed by atoms with van der Waals surface area (Å²) in [4.78, 5) is 10.0. The number of non-ortho nitro benzene ring substituents is 1. The minimum Gasteiger partial charge on any atom is -0.328 e. The van der Waals surface area contributed by atoms with Gasteiger partial charge in [-0.05, 0) is 37.8 Å². The number of rotatable bonds is 4. The summed E-state index contributed by atoms with van der Waals surface area (Å²) >= 11 is 0. The van der Waals surface area contributed by atoms with Crippen molar-refractivity contribution in [1.82, 2.24) is 4.72 Å². The fourth-order valence-electron chi connectivity index (χ4n) is 2.27. The fourth-order valence-corrected chi connectivity index (χ4v) is 3.58. The second-order valence-corrected chi connectivity index (χ2v) is 6.70. The van der Waals surface area contributed by atoms with Gasteiger partial charge in [-0.3, -0.25) is 10.1 Å². The molecule has 0 atom stereocenters. The Morgan fingerprint density at radius 2 is 1.70 bits per heavy atom. The Balaban J connectivity index is 2.08. The Morgan fingerprint density at radius 1 is 1.15 bits per heavy atom. The zero-order valence-corrected chi connectivity index (χ0v) is 11.7. The highest BCUT2D eigenvalue weighted by molar-refractivity contribution is 7.89. The van der Waals surface area contributed by atoms with E-state index in [2.05, 4.69) is 4.72 Å². The van der Waals surface area contributed by atoms with Crippen molar-refractivity contribution in [3.05, 3.63) is 34.4 Å². The zero-order valence-electron chi connectivity index (χ0n) is 10.9. The first-order valence-electron chi connectivity index (χ1n) is 6.41. The Hall–Kier alpha value is -1.51. The third kappa shape index (κ3) is 3.53. The molecular weight excluding hydrogens is 282 g/mol. The number of nitrogens with one attached hydrogen (secondary N) is 1. The number of benzene rings is 1. The van der Waals surface area contributed by atoms with Crippen molar-refractivity contribution in [3.8, 4) is 0 Å². The fraction of sp³-hybridized carbons (Fsp3) is 0.500. The molecule has 0 bridgehead atoms. The van der Waals surface area contributed by atoms with E-state index in [0.29, 0.717) is 12.8 Å². The molecular formula is C12H17N3O4S. The van der Waals surface area contributed by atoms with Crippen LogP contribution < -0.4 is 10.5 Å². The van der Waals surface area contributed by atoms with Crippen LogP contribution in [0.4, 0.5) is 5.69 Å². The van der Waals surface area contributed by atoms with E-state index >= 15 is 0 Å². The first kappa shape index (κ1) is 14.9. The first-order chi connectivity index (χ1) is 9.38. The number of hydrogen-bond donors (Lipinski definition) is 2. The molecule has 0 unspecified atom stereocenters. The molecule has 0 spiro atoms. The third-order valence-corrected chi connectivity index (χ3v) is 4.99. The van der Waals surface area contributed by atoms with E-state index < -0.39 is 14.9 Å². The van der Waals surface area contributed by atoms with Crippen LogP contribution in [0.5, 0.6) is 0 Å². The van der Waals surface area contributed by atoms with Crippen molar-refractivity contribution in [2.75, 3.05) is 0 Å². The van der Waals surface area contributed by atoms with E-state index in [-0.39, 0.29) is 22.7 Å². The summed E-state index contributed by atoms with van der Waals surface area (Å²) in [6.45, 7) is 0. The summed E-state index contributed by atoms with van der Waals surface area (Å²) in [5, 5.41) is 10.5. The first-order valence-corrected chi connectivity index (χ1v) is 7.89. The van der Waals surface area contributed by atoms with Gasteiger partial charge in [-0.15, -0.1) is 0 Å². The molecule has 7 nitrogen and oxygen atoms in total. The van der Waals surface area contributed by atoms with E-state index in [1.54, 1.807) is 0 Å². The topological polar surface area (TPSA) is 115 Å². The van der Waals surface area contributed by atoms with E-state index in [9.17, 15) is 18.5 Å². The smallest absolute Gasteiger partial charge is 0.269 e. The van der Waals surface area contributed by atoms with Crippen molar-refractivity contribution < 1.29 is 13.3 Å². The average Bonchev–Trinajstić information content (AvgIpc) is 2.41. The number of nitrogens with zero attached hydrogens (tertiary/aromatic N) is 1. The molecule has 1 aromatic carbocycles. The molecule has 20 heavy (non-hydrogen) atoms. The van der Waals surface area contributed by atoms with Gasteiger partial charge in [0.25, 0.3) is 5.69 Å². The van der Waals surface area contributed by atoms with E-state index in [1.807, 2.05) is 0 Å². The Bertz CT molecular complexity index is 577. The molecule has 0 aromatic heterocycles. The molecule has 1 aliphatic carbocycles. The van der Waals surface area contributed by atoms with Crippen LogP contribution in [0.25, 0.3) is 0 Å². The predicted octanol–water partition coefficient (Wildman–Crippen LogP) is 1.14. The minimum atomic E-state index is -3.63. The molecule has 0 aliphatic heterocycles. The summed E-state index contributed by atoms with van der Waals surface area (Å²) in [6, 6.07) is 4.89. The second-order valence-electron chi connectivity index (χ2n) is 4.98. The van der Waals surface area contributed by atoms with Crippen LogP contribution in [-0.2, 0) is 10.0 Å². The molecule has 0 saturated heterocycles. The second kappa shape index (κ2) is 5.86. The molecule has 0 radical (unpaired) electrons. The van der Waals surface area contributed by atoms with Crippen molar-refractivity contribution in [2.24, 2.45) is 5.73 Å². The normalized spacial score (nSPS) is 23.4. The molecule has 110 valence electrons. The monoisotopic (exact) mass is 299 g/mol. The molecule has 0 amide bonds. The maximum absolute atomic E-state index is 12.2. The minimum absolute atomic E-state index is 0.0398. The molecule has 3 N–H and O–H groups in total. The van der Waals surface area contributed by atoms with Gasteiger partial charge in [-0.2, -0.15) is 0 Å². The lowest BCUT2D eigenvalue weighted by Gasteiger charge is -2.26. The maximum Gasteiger partial charge on any atom is 0.269 e. The number of nitro benzene ring substituents is 1. The van der Waals surface area contributed by atoms with Gasteiger partial charge in [-0.1, -0.05) is 0 Å². The van der Waals surface area contributed by atoms with Gasteiger partial charge in [-0.25, -0.2) is 13.1 Å². The van der Waals surface area contributed by atoms with Crippen LogP contribution >= 0.6 is 0 Å². The van der Waals surface area contributed by atoms with Crippen molar-refractivity contribution in [2.45, 2.75) is 42.7 Å². The molecule has 1 aliphatic rings. The number of hydrogen-bond acceptors (Lipinski definition) is 5. The largest absolute Gasteiger partial charge is 0.328 e. The predicted molar refractivity (Wildman–Crippen MR) is 73.6 cm³/mol. The Kier molecular flexibility index (Phi) is 4.36. The van der Waals surface area contributed by atoms with E-state index in [4.69, 9.17) is 5.73 Å². The molecule has 1 saturated carbocycles. The lowest BCUT2D eigenvalue weighted by atomic mass is 9.93. The van der Waals surface area contributed by atoms with Gasteiger partial charge >= 0.3 is 0 Å². The van der Waals surface area contributed by atoms with Crippen LogP contribution in [0.15, 0.2) is 29.2 Å². The van der Waals surface area contributed by atoms with E-state index in [1.165, 1.54) is 24.3 Å². The highest BCUT2D eigenvalue weighted by atomic mass is 32.2. The van der Waals surface area contributed by atoms with Crippen molar-refractivity contribution in [1.29, 1.82) is 0 Å². The maximum atomic E-state index is 12.2. The lowest BCUT2D eigenvalue weighted by molar-refractivity contribution is -0.384. The number of sulfonamides is 1. The summed E-state index contributed by atoms with van der Waals surface area (Å²) in [7, 11) is -3.63. The summed E-state index contributed by atoms with van der Waals surface area (Å²) < 4.78 is 26.9. The van der Waals surface area contributed by atoms with Crippen molar-refractivity contribution in [3.63, 3.8) is 0 Å². The third-order valence-electron chi connectivity index (χ3n) is 3.45. The van der Waals surface area contributed by atoms with Crippen molar-refractivity contribution >= 4 is 15.7 Å². The number of nitro groups is 1. The highest BCUT2D eigenvalue weighted by Crippen LogP contribution is 2.20. The zero-order chi connectivity index (χ0) is 14.8. The summed E-state index contributed by atoms with van der Waals surface area (Å²) in [5.74, 6) is 0. The standard InChI is InChI=1S/C12H17N3O4S/c13-9-1-3-10(4-2-9)14-20(18,19)12-7-5-11(6-8-12)15(16)17/h5-10,14H,1-4,13H2. The van der Waals surface area contributed by atoms with Crippen LogP contribution in [0.2, 0.25) is 0 Å². The quantitative estimate of drug-likeness (QED) is 0.639. The average molecular weight is 299 g/mol. The van der Waals surface area contributed by atoms with Crippen LogP contribution in [0, 0.1) is 10.1 Å². The molecule has 8 heteroatoms. The Labute approximate surface area is 117 Å². The Morgan fingerprint density at radius 3 is 2.20 bits per heavy atom. The van der Waals surface area contributed by atoms with E-state index in [0.717, 1.165) is 12.8 Å². The SMILES string of the molecule is NC1CCC(NS(=O)(=O)c2ccc([N+](=O)[O-])cc2)CC1. The molecule has 2 rings (SSSR count). The highest BCUT2D eigenvalue weighted by Gasteiger charge is 2.24. The van der Waals surface area contributed by atoms with Gasteiger partial charge in [0.2, 0.25) is 10.0 Å². The van der Waals surface area contributed by atoms with Gasteiger partial charge in [0.15, 0.2) is 0 Å². The van der Waals surface area contributed by atoms with Gasteiger partial charge in [0.1, 0.15) is 0 Å². The van der Waals surface area contributed by atoms with Crippen LogP contribution in [-0.4, -0.2) is 25.4 Å². The number of nitrogens with two attached hydrogens (primary N) is 1. The molecule has 0 heterocycles. The van der Waals surface area contributed by atoms with Crippen LogP contribution in [0.1, 0.15) is 25.7 Å². The van der Waals surface area contributed by atoms with Gasteiger partial charge in [0.05, 0.1) is 9.82 Å². The molecule has 1 aromatic rings. The lowest BCUT2D eigenvalue weighted by Crippen LogP contribution is -2.40. The summed E-state index contributed by atoms with van der Waals surface area (Å²) in [5.41, 5.74) is 5.64. The molecule has 1 fully saturated rings. The van der Waals surface area contributed by atoms with Gasteiger partial charge < -0.3 is 5.73 Å². The van der Waals surface area contributed by atoms with Crippen LogP contribution in [0.3, 0.4) is 0 Å². The summed E-state index contributed by atoms with van der Waals surface area (Å²) in [6.07, 6.45) is 3.03.